The Bertz CT molecular complexity index is 792. The lowest BCUT2D eigenvalue weighted by Crippen LogP contribution is -2.51. The van der Waals surface area contributed by atoms with Gasteiger partial charge in [0.15, 0.2) is 17.4 Å². The number of nitrogens with zero attached hydrogens (tertiary/aromatic N) is 1. The minimum atomic E-state index is -0.704. The topological polar surface area (TPSA) is 33.0 Å². The molecule has 0 fully saturated rings. The Labute approximate surface area is 159 Å². The Balaban J connectivity index is 2.40. The number of hydrogen-bond donors (Lipinski definition) is 1. The predicted octanol–water partition coefficient (Wildman–Crippen LogP) is 3.94. The van der Waals surface area contributed by atoms with Crippen LogP contribution in [0.4, 0.5) is 4.39 Å². The maximum Gasteiger partial charge on any atom is 0.270 e. The van der Waals surface area contributed by atoms with Gasteiger partial charge >= 0.3 is 0 Å². The summed E-state index contributed by atoms with van der Waals surface area (Å²) in [6.07, 6.45) is 5.39. The highest BCUT2D eigenvalue weighted by molar-refractivity contribution is 7.80. The van der Waals surface area contributed by atoms with Crippen molar-refractivity contribution in [3.63, 3.8) is 0 Å². The molecule has 26 heavy (non-hydrogen) atoms. The lowest BCUT2D eigenvalue weighted by atomic mass is 9.88. The number of benzene rings is 1. The van der Waals surface area contributed by atoms with Gasteiger partial charge in [-0.3, -0.25) is 4.79 Å². The molecule has 0 aliphatic rings. The van der Waals surface area contributed by atoms with Gasteiger partial charge in [-0.25, -0.2) is 4.39 Å². The average molecular weight is 372 g/mol. The molecule has 0 unspecified atom stereocenters. The summed E-state index contributed by atoms with van der Waals surface area (Å²) in [5.74, 6) is -0.576. The van der Waals surface area contributed by atoms with Crippen LogP contribution in [0, 0.1) is 5.82 Å². The highest BCUT2D eigenvalue weighted by Crippen LogP contribution is 2.21. The van der Waals surface area contributed by atoms with Crippen LogP contribution in [0.5, 0.6) is 0 Å². The van der Waals surface area contributed by atoms with Crippen molar-refractivity contribution in [3.8, 4) is 0 Å². The first kappa shape index (κ1) is 19.9. The molecule has 1 aromatic carbocycles. The van der Waals surface area contributed by atoms with Crippen LogP contribution in [0.25, 0.3) is 0 Å². The summed E-state index contributed by atoms with van der Waals surface area (Å²) in [6, 6.07) is 8.78. The Hall–Kier alpha value is -2.40. The van der Waals surface area contributed by atoms with E-state index < -0.39 is 6.04 Å². The maximum atomic E-state index is 13.2. The molecule has 1 heterocycles. The van der Waals surface area contributed by atoms with Gasteiger partial charge in [0.2, 0.25) is 5.78 Å². The van der Waals surface area contributed by atoms with Crippen molar-refractivity contribution in [1.29, 1.82) is 0 Å². The fourth-order valence-electron chi connectivity index (χ4n) is 2.54. The normalized spacial score (nSPS) is 12.3. The Kier molecular flexibility index (Phi) is 6.37. The number of thiocarbonyl (C=S) groups is 1. The molecule has 2 rings (SSSR count). The van der Waals surface area contributed by atoms with Gasteiger partial charge in [-0.05, 0) is 35.2 Å². The van der Waals surface area contributed by atoms with Gasteiger partial charge in [0.05, 0.1) is 0 Å². The van der Waals surface area contributed by atoms with Crippen LogP contribution in [-0.4, -0.2) is 17.3 Å². The van der Waals surface area contributed by atoms with E-state index in [2.05, 4.69) is 32.7 Å². The minimum Gasteiger partial charge on any atom is -0.370 e. The number of halogens is 1. The molecule has 0 saturated heterocycles. The van der Waals surface area contributed by atoms with E-state index in [9.17, 15) is 9.18 Å². The highest BCUT2D eigenvalue weighted by atomic mass is 32.1. The number of hydrogen-bond acceptors (Lipinski definition) is 2. The van der Waals surface area contributed by atoms with Crippen molar-refractivity contribution in [2.24, 2.45) is 0 Å². The van der Waals surface area contributed by atoms with Crippen molar-refractivity contribution < 1.29 is 13.8 Å². The Morgan fingerprint density at radius 1 is 1.23 bits per heavy atom. The Morgan fingerprint density at radius 3 is 2.31 bits per heavy atom. The summed E-state index contributed by atoms with van der Waals surface area (Å²) in [5.41, 5.74) is 1.58. The lowest BCUT2D eigenvalue weighted by molar-refractivity contribution is -0.692. The van der Waals surface area contributed by atoms with Gasteiger partial charge in [-0.1, -0.05) is 39.1 Å². The molecule has 0 aliphatic heterocycles. The van der Waals surface area contributed by atoms with Crippen LogP contribution in [0.2, 0.25) is 0 Å². The van der Waals surface area contributed by atoms with Gasteiger partial charge in [-0.15, -0.1) is 6.58 Å². The molecule has 0 amide bonds. The lowest BCUT2D eigenvalue weighted by Gasteiger charge is -2.19. The molecule has 0 saturated carbocycles. The maximum absolute atomic E-state index is 13.2. The van der Waals surface area contributed by atoms with Gasteiger partial charge in [0.1, 0.15) is 5.82 Å². The minimum absolute atomic E-state index is 0.0111. The molecule has 136 valence electrons. The molecule has 3 nitrogen and oxygen atoms in total. The number of Topliss-reactive ketones (excluding diaryl/α,β-unsaturated/α-hetero) is 1. The summed E-state index contributed by atoms with van der Waals surface area (Å²) in [5, 5.41) is 3.04. The molecule has 0 aliphatic carbocycles. The average Bonchev–Trinajstić information content (AvgIpc) is 2.60. The van der Waals surface area contributed by atoms with E-state index in [1.807, 2.05) is 24.5 Å². The molecular formula is C21H24FN2OS+. The molecule has 5 heteroatoms. The smallest absolute Gasteiger partial charge is 0.270 e. The van der Waals surface area contributed by atoms with Crippen molar-refractivity contribution >= 4 is 23.0 Å². The molecule has 1 atom stereocenters. The second-order valence-electron chi connectivity index (χ2n) is 7.09. The Morgan fingerprint density at radius 2 is 1.81 bits per heavy atom. The third-order valence-corrected chi connectivity index (χ3v) is 4.43. The highest BCUT2D eigenvalue weighted by Gasteiger charge is 2.33. The van der Waals surface area contributed by atoms with Crippen LogP contribution in [0.15, 0.2) is 61.4 Å². The number of pyridine rings is 1. The molecular weight excluding hydrogens is 347 g/mol. The summed E-state index contributed by atoms with van der Waals surface area (Å²) >= 11 is 5.46. The molecule has 1 N–H and O–H groups in total. The van der Waals surface area contributed by atoms with E-state index in [4.69, 9.17) is 12.2 Å². The van der Waals surface area contributed by atoms with E-state index in [0.29, 0.717) is 17.1 Å². The largest absolute Gasteiger partial charge is 0.370 e. The fourth-order valence-corrected chi connectivity index (χ4v) is 2.85. The number of ketones is 1. The summed E-state index contributed by atoms with van der Waals surface area (Å²) in [6.45, 7) is 10.5. The summed E-state index contributed by atoms with van der Waals surface area (Å²) < 4.78 is 15.0. The van der Waals surface area contributed by atoms with E-state index in [0.717, 1.165) is 5.56 Å². The van der Waals surface area contributed by atoms with E-state index in [1.165, 1.54) is 24.3 Å². The number of carbonyl (C=O) groups excluding carboxylic acids is 1. The molecule has 0 spiro atoms. The van der Waals surface area contributed by atoms with Crippen molar-refractivity contribution in [3.05, 3.63) is 78.4 Å². The fraction of sp³-hybridized carbons (Fsp3) is 0.286. The zero-order valence-corrected chi connectivity index (χ0v) is 16.1. The summed E-state index contributed by atoms with van der Waals surface area (Å²) in [4.78, 5) is 13.4. The van der Waals surface area contributed by atoms with Crippen LogP contribution in [-0.2, 0) is 5.41 Å². The number of rotatable bonds is 6. The summed E-state index contributed by atoms with van der Waals surface area (Å²) in [7, 11) is 0. The van der Waals surface area contributed by atoms with E-state index in [-0.39, 0.29) is 17.0 Å². The third-order valence-electron chi connectivity index (χ3n) is 4.06. The van der Waals surface area contributed by atoms with Crippen LogP contribution in [0.1, 0.15) is 42.7 Å². The van der Waals surface area contributed by atoms with Crippen molar-refractivity contribution in [1.82, 2.24) is 5.32 Å². The molecule has 0 bridgehead atoms. The van der Waals surface area contributed by atoms with Crippen LogP contribution < -0.4 is 9.88 Å². The second-order valence-corrected chi connectivity index (χ2v) is 7.53. The first-order valence-corrected chi connectivity index (χ1v) is 8.84. The van der Waals surface area contributed by atoms with Gasteiger partial charge in [-0.2, -0.15) is 4.57 Å². The van der Waals surface area contributed by atoms with Gasteiger partial charge in [0, 0.05) is 24.2 Å². The number of nitrogens with one attached hydrogen (secondary N) is 1. The van der Waals surface area contributed by atoms with Crippen molar-refractivity contribution in [2.45, 2.75) is 32.2 Å². The quantitative estimate of drug-likeness (QED) is 0.361. The molecule has 1 aromatic heterocycles. The monoisotopic (exact) mass is 371 g/mol. The molecule has 0 radical (unpaired) electrons. The van der Waals surface area contributed by atoms with Gasteiger partial charge in [0.25, 0.3) is 6.04 Å². The predicted molar refractivity (Wildman–Crippen MR) is 106 cm³/mol. The van der Waals surface area contributed by atoms with Gasteiger partial charge < -0.3 is 5.32 Å². The van der Waals surface area contributed by atoms with Crippen molar-refractivity contribution in [2.75, 3.05) is 6.54 Å². The standard InChI is InChI=1S/C21H23FN2OS/c1-5-12-23-20(26)18(19(25)15-6-8-17(22)9-7-15)24-13-10-16(11-14-24)21(2,3)4/h5-11,13-14,18H,1,12H2,2-4H3/p+1/t18-/m0/s1. The number of aromatic nitrogens is 1. The molecule has 2 aromatic rings. The third kappa shape index (κ3) is 4.82. The van der Waals surface area contributed by atoms with E-state index in [1.54, 1.807) is 10.6 Å². The zero-order valence-electron chi connectivity index (χ0n) is 15.3. The van der Waals surface area contributed by atoms with Crippen LogP contribution in [0.3, 0.4) is 0 Å². The van der Waals surface area contributed by atoms with Crippen LogP contribution >= 0.6 is 12.2 Å². The first-order chi connectivity index (χ1) is 12.2. The zero-order chi connectivity index (χ0) is 19.3. The van der Waals surface area contributed by atoms with E-state index >= 15 is 0 Å². The second kappa shape index (κ2) is 8.32. The first-order valence-electron chi connectivity index (χ1n) is 8.43. The number of carbonyl (C=O) groups is 1. The SMILES string of the molecule is C=CCNC(=S)[C@H](C(=O)c1ccc(F)cc1)[n+]1ccc(C(C)(C)C)cc1.